The van der Waals surface area contributed by atoms with Gasteiger partial charge >= 0.3 is 6.18 Å². The number of nitrogens with zero attached hydrogens (tertiary/aromatic N) is 2. The van der Waals surface area contributed by atoms with Gasteiger partial charge in [0.15, 0.2) is 0 Å². The molecule has 1 aromatic carbocycles. The average Bonchev–Trinajstić information content (AvgIpc) is 3.57. The van der Waals surface area contributed by atoms with Gasteiger partial charge in [-0.05, 0) is 55.7 Å². The number of hydrogen-bond donors (Lipinski definition) is 2. The molecule has 6 nitrogen and oxygen atoms in total. The Bertz CT molecular complexity index is 1130. The molecule has 0 radical (unpaired) electrons. The van der Waals surface area contributed by atoms with Crippen molar-refractivity contribution >= 4 is 28.8 Å². The fourth-order valence-electron chi connectivity index (χ4n) is 5.39. The van der Waals surface area contributed by atoms with E-state index in [9.17, 15) is 22.8 Å². The van der Waals surface area contributed by atoms with Crippen LogP contribution in [0, 0.1) is 5.92 Å². The highest BCUT2D eigenvalue weighted by Crippen LogP contribution is 2.36. The summed E-state index contributed by atoms with van der Waals surface area (Å²) in [5, 5.41) is 6.64. The fraction of sp³-hybridized carbons (Fsp3) is 0.593. The molecule has 10 heteroatoms. The molecule has 2 aliphatic carbocycles. The minimum atomic E-state index is -4.40. The van der Waals surface area contributed by atoms with Crippen LogP contribution in [0.1, 0.15) is 83.6 Å². The maximum absolute atomic E-state index is 13.3. The van der Waals surface area contributed by atoms with E-state index >= 15 is 0 Å². The van der Waals surface area contributed by atoms with Crippen LogP contribution < -0.4 is 15.5 Å². The van der Waals surface area contributed by atoms with E-state index in [0.717, 1.165) is 63.0 Å². The minimum Gasteiger partial charge on any atom is -0.365 e. The molecule has 5 rings (SSSR count). The monoisotopic (exact) mass is 534 g/mol. The van der Waals surface area contributed by atoms with Crippen molar-refractivity contribution in [3.8, 4) is 0 Å². The molecule has 1 aromatic heterocycles. The van der Waals surface area contributed by atoms with Gasteiger partial charge in [-0.25, -0.2) is 4.98 Å². The summed E-state index contributed by atoms with van der Waals surface area (Å²) in [5.74, 6) is -0.00718. The molecule has 2 saturated carbocycles. The van der Waals surface area contributed by atoms with Crippen LogP contribution in [0.3, 0.4) is 0 Å². The molecule has 1 aliphatic heterocycles. The molecule has 0 bridgehead atoms. The first kappa shape index (κ1) is 26.0. The van der Waals surface area contributed by atoms with Gasteiger partial charge in [-0.3, -0.25) is 9.59 Å². The Morgan fingerprint density at radius 3 is 2.62 bits per heavy atom. The molecule has 3 aliphatic rings. The number of carbonyl (C=O) groups is 2. The summed E-state index contributed by atoms with van der Waals surface area (Å²) in [5.41, 5.74) is 0.804. The molecule has 37 heavy (non-hydrogen) atoms. The number of fused-ring (bicyclic) bond motifs is 1. The standard InChI is InChI=1S/C27H33F3N4O2S/c28-27(29,30)19-9-8-18-7-4-12-34(22(18)14-19)16-24-31-15-23(37-24)26(36)33-21(25(35)32-20-10-11-20)13-17-5-2-1-3-6-17/h8-9,14-15,17,20-21H,1-7,10-13,16H2,(H,32,35)(H,33,36)/t21-/m0/s1. The minimum absolute atomic E-state index is 0.114. The lowest BCUT2D eigenvalue weighted by Gasteiger charge is -2.31. The van der Waals surface area contributed by atoms with Crippen molar-refractivity contribution in [1.82, 2.24) is 15.6 Å². The Balaban J connectivity index is 1.25. The molecule has 2 amide bonds. The van der Waals surface area contributed by atoms with Crippen molar-refractivity contribution in [1.29, 1.82) is 0 Å². The van der Waals surface area contributed by atoms with Crippen LogP contribution in [0.25, 0.3) is 0 Å². The van der Waals surface area contributed by atoms with Gasteiger partial charge in [0.25, 0.3) is 5.91 Å². The third-order valence-corrected chi connectivity index (χ3v) is 8.55. The van der Waals surface area contributed by atoms with Crippen LogP contribution in [0.5, 0.6) is 0 Å². The van der Waals surface area contributed by atoms with Crippen LogP contribution in [-0.4, -0.2) is 35.4 Å². The van der Waals surface area contributed by atoms with Gasteiger partial charge in [0.1, 0.15) is 15.9 Å². The SMILES string of the molecule is O=C(N[C@@H](CC1CCCCC1)C(=O)NC1CC1)c1cnc(CN2CCCc3ccc(C(F)(F)F)cc32)s1. The smallest absolute Gasteiger partial charge is 0.365 e. The Morgan fingerprint density at radius 1 is 1.11 bits per heavy atom. The zero-order chi connectivity index (χ0) is 26.0. The van der Waals surface area contributed by atoms with Crippen molar-refractivity contribution in [2.45, 2.75) is 89.0 Å². The molecular weight excluding hydrogens is 501 g/mol. The number of aromatic nitrogens is 1. The summed E-state index contributed by atoms with van der Waals surface area (Å²) in [6.45, 7) is 0.958. The predicted molar refractivity (Wildman–Crippen MR) is 137 cm³/mol. The van der Waals surface area contributed by atoms with Gasteiger partial charge in [0, 0.05) is 18.3 Å². The summed E-state index contributed by atoms with van der Waals surface area (Å²) in [6.07, 6.45) is 7.02. The van der Waals surface area contributed by atoms with E-state index in [-0.39, 0.29) is 17.9 Å². The van der Waals surface area contributed by atoms with E-state index in [4.69, 9.17) is 0 Å². The predicted octanol–water partition coefficient (Wildman–Crippen LogP) is 5.46. The number of benzene rings is 1. The zero-order valence-electron chi connectivity index (χ0n) is 20.8. The Hall–Kier alpha value is -2.62. The second-order valence-electron chi connectivity index (χ2n) is 10.5. The number of rotatable bonds is 8. The molecule has 2 aromatic rings. The van der Waals surface area contributed by atoms with Crippen molar-refractivity contribution in [3.63, 3.8) is 0 Å². The van der Waals surface area contributed by atoms with Gasteiger partial charge in [-0.1, -0.05) is 38.2 Å². The van der Waals surface area contributed by atoms with E-state index in [1.54, 1.807) is 6.07 Å². The van der Waals surface area contributed by atoms with Crippen molar-refractivity contribution < 1.29 is 22.8 Å². The molecule has 2 heterocycles. The molecule has 0 spiro atoms. The summed E-state index contributed by atoms with van der Waals surface area (Å²) in [4.78, 5) is 32.7. The van der Waals surface area contributed by atoms with Crippen molar-refractivity contribution in [2.75, 3.05) is 11.4 Å². The van der Waals surface area contributed by atoms with E-state index in [1.165, 1.54) is 30.0 Å². The van der Waals surface area contributed by atoms with Crippen molar-refractivity contribution in [3.05, 3.63) is 45.4 Å². The van der Waals surface area contributed by atoms with Gasteiger partial charge in [-0.2, -0.15) is 13.2 Å². The van der Waals surface area contributed by atoms with E-state index < -0.39 is 17.8 Å². The summed E-state index contributed by atoms with van der Waals surface area (Å²) in [7, 11) is 0. The number of aryl methyl sites for hydroxylation is 1. The number of alkyl halides is 3. The Labute approximate surface area is 219 Å². The van der Waals surface area contributed by atoms with Crippen molar-refractivity contribution in [2.24, 2.45) is 5.92 Å². The summed E-state index contributed by atoms with van der Waals surface area (Å²) < 4.78 is 39.9. The molecule has 1 atom stereocenters. The number of thiazole rings is 1. The second-order valence-corrected chi connectivity index (χ2v) is 11.6. The number of amides is 2. The first-order chi connectivity index (χ1) is 17.8. The summed E-state index contributed by atoms with van der Waals surface area (Å²) in [6, 6.07) is 3.56. The highest BCUT2D eigenvalue weighted by atomic mass is 32.1. The number of anilines is 1. The van der Waals surface area contributed by atoms with E-state index in [0.29, 0.717) is 41.0 Å². The van der Waals surface area contributed by atoms with Gasteiger partial charge in [0.05, 0.1) is 18.3 Å². The van der Waals surface area contributed by atoms with Crippen LogP contribution in [0.4, 0.5) is 18.9 Å². The van der Waals surface area contributed by atoms with Gasteiger partial charge in [0.2, 0.25) is 5.91 Å². The van der Waals surface area contributed by atoms with Crippen LogP contribution >= 0.6 is 11.3 Å². The highest BCUT2D eigenvalue weighted by molar-refractivity contribution is 7.13. The lowest BCUT2D eigenvalue weighted by molar-refractivity contribution is -0.137. The van der Waals surface area contributed by atoms with Crippen LogP contribution in [-0.2, 0) is 23.9 Å². The summed E-state index contributed by atoms with van der Waals surface area (Å²) >= 11 is 1.23. The van der Waals surface area contributed by atoms with Crippen LogP contribution in [0.2, 0.25) is 0 Å². The Kier molecular flexibility index (Phi) is 7.74. The first-order valence-electron chi connectivity index (χ1n) is 13.3. The number of nitrogens with one attached hydrogen (secondary N) is 2. The largest absolute Gasteiger partial charge is 0.416 e. The first-order valence-corrected chi connectivity index (χ1v) is 14.1. The quantitative estimate of drug-likeness (QED) is 0.472. The maximum atomic E-state index is 13.3. The average molecular weight is 535 g/mol. The van der Waals surface area contributed by atoms with E-state index in [1.807, 2.05) is 4.90 Å². The van der Waals surface area contributed by atoms with E-state index in [2.05, 4.69) is 15.6 Å². The van der Waals surface area contributed by atoms with Crippen LogP contribution in [0.15, 0.2) is 24.4 Å². The molecule has 200 valence electrons. The molecule has 2 fully saturated rings. The van der Waals surface area contributed by atoms with Gasteiger partial charge < -0.3 is 15.5 Å². The normalized spacial score (nSPS) is 19.3. The third kappa shape index (κ3) is 6.64. The molecular formula is C27H33F3N4O2S. The number of halogens is 3. The van der Waals surface area contributed by atoms with Gasteiger partial charge in [-0.15, -0.1) is 11.3 Å². The molecule has 2 N–H and O–H groups in total. The second kappa shape index (κ2) is 11.0. The number of hydrogen-bond acceptors (Lipinski definition) is 5. The number of carbonyl (C=O) groups excluding carboxylic acids is 2. The third-order valence-electron chi connectivity index (χ3n) is 7.57. The Morgan fingerprint density at radius 2 is 1.89 bits per heavy atom. The topological polar surface area (TPSA) is 74.3 Å². The lowest BCUT2D eigenvalue weighted by atomic mass is 9.84. The highest BCUT2D eigenvalue weighted by Gasteiger charge is 2.33. The lowest BCUT2D eigenvalue weighted by Crippen LogP contribution is -2.48. The maximum Gasteiger partial charge on any atom is 0.416 e. The fourth-order valence-corrected chi connectivity index (χ4v) is 6.23. The molecule has 0 unspecified atom stereocenters. The molecule has 0 saturated heterocycles. The zero-order valence-corrected chi connectivity index (χ0v) is 21.6.